The van der Waals surface area contributed by atoms with E-state index < -0.39 is 15.8 Å². The minimum Gasteiger partial charge on any atom is -0.399 e. The number of halogens is 1. The topological polar surface area (TPSA) is 72.2 Å². The fourth-order valence-corrected chi connectivity index (χ4v) is 4.21. The van der Waals surface area contributed by atoms with Crippen molar-refractivity contribution in [3.8, 4) is 0 Å². The molecule has 1 aliphatic carbocycles. The van der Waals surface area contributed by atoms with Crippen molar-refractivity contribution in [3.63, 3.8) is 0 Å². The van der Waals surface area contributed by atoms with Crippen molar-refractivity contribution < 1.29 is 12.8 Å². The third-order valence-electron chi connectivity index (χ3n) is 4.26. The molecule has 1 fully saturated rings. The average molecular weight is 300 g/mol. The molecule has 4 nitrogen and oxygen atoms in total. The molecular formula is C14H21FN2O2S. The molecule has 0 radical (unpaired) electrons. The second-order valence-electron chi connectivity index (χ2n) is 5.68. The summed E-state index contributed by atoms with van der Waals surface area (Å²) in [5, 5.41) is 0. The van der Waals surface area contributed by atoms with Crippen LogP contribution >= 0.6 is 0 Å². The second kappa shape index (κ2) is 5.69. The zero-order valence-corrected chi connectivity index (χ0v) is 12.6. The summed E-state index contributed by atoms with van der Waals surface area (Å²) in [4.78, 5) is -0.372. The molecule has 1 aromatic rings. The maximum atomic E-state index is 13.7. The van der Waals surface area contributed by atoms with Gasteiger partial charge < -0.3 is 5.73 Å². The molecule has 0 amide bonds. The van der Waals surface area contributed by atoms with Gasteiger partial charge in [-0.3, -0.25) is 0 Å². The predicted octanol–water partition coefficient (Wildman–Crippen LogP) is 2.51. The zero-order valence-electron chi connectivity index (χ0n) is 11.8. The normalized spacial score (nSPS) is 27.4. The molecule has 1 saturated carbocycles. The fourth-order valence-electron chi connectivity index (χ4n) is 2.74. The Kier molecular flexibility index (Phi) is 4.34. The first-order chi connectivity index (χ1) is 9.31. The molecule has 0 saturated heterocycles. The van der Waals surface area contributed by atoms with Gasteiger partial charge in [0.05, 0.1) is 0 Å². The van der Waals surface area contributed by atoms with E-state index in [1.165, 1.54) is 6.07 Å². The highest BCUT2D eigenvalue weighted by molar-refractivity contribution is 7.89. The molecule has 0 heterocycles. The molecule has 20 heavy (non-hydrogen) atoms. The van der Waals surface area contributed by atoms with Gasteiger partial charge in [-0.15, -0.1) is 0 Å². The lowest BCUT2D eigenvalue weighted by Gasteiger charge is -2.34. The third-order valence-corrected chi connectivity index (χ3v) is 5.76. The lowest BCUT2D eigenvalue weighted by Crippen LogP contribution is -2.43. The number of nitrogens with two attached hydrogens (primary N) is 1. The Balaban J connectivity index is 2.25. The van der Waals surface area contributed by atoms with Crippen molar-refractivity contribution in [2.75, 3.05) is 5.73 Å². The Morgan fingerprint density at radius 1 is 1.30 bits per heavy atom. The summed E-state index contributed by atoms with van der Waals surface area (Å²) in [6.07, 6.45) is 2.87. The van der Waals surface area contributed by atoms with Gasteiger partial charge in [-0.25, -0.2) is 17.5 Å². The minimum atomic E-state index is -3.87. The molecule has 3 atom stereocenters. The molecule has 1 aromatic carbocycles. The molecule has 2 rings (SSSR count). The molecule has 0 spiro atoms. The van der Waals surface area contributed by atoms with Crippen LogP contribution < -0.4 is 10.5 Å². The first-order valence-corrected chi connectivity index (χ1v) is 8.37. The van der Waals surface area contributed by atoms with Crippen LogP contribution in [0.4, 0.5) is 10.1 Å². The largest absolute Gasteiger partial charge is 0.399 e. The summed E-state index contributed by atoms with van der Waals surface area (Å²) in [7, 11) is -3.87. The van der Waals surface area contributed by atoms with Crippen molar-refractivity contribution in [3.05, 3.63) is 24.0 Å². The number of hydrogen-bond donors (Lipinski definition) is 2. The zero-order chi connectivity index (χ0) is 14.9. The summed E-state index contributed by atoms with van der Waals surface area (Å²) >= 11 is 0. The Bertz CT molecular complexity index is 589. The number of anilines is 1. The summed E-state index contributed by atoms with van der Waals surface area (Å²) in [6, 6.07) is 3.44. The van der Waals surface area contributed by atoms with Gasteiger partial charge in [0.1, 0.15) is 10.7 Å². The molecule has 3 N–H and O–H groups in total. The van der Waals surface area contributed by atoms with Crippen LogP contribution in [0.1, 0.15) is 33.1 Å². The lowest BCUT2D eigenvalue weighted by atomic mass is 9.78. The Hall–Kier alpha value is -1.14. The van der Waals surface area contributed by atoms with E-state index in [0.29, 0.717) is 5.92 Å². The molecule has 0 aliphatic heterocycles. The van der Waals surface area contributed by atoms with Crippen LogP contribution in [-0.4, -0.2) is 14.5 Å². The van der Waals surface area contributed by atoms with Crippen LogP contribution in [0.25, 0.3) is 0 Å². The quantitative estimate of drug-likeness (QED) is 0.843. The van der Waals surface area contributed by atoms with Crippen molar-refractivity contribution in [1.82, 2.24) is 4.72 Å². The first kappa shape index (κ1) is 15.3. The summed E-state index contributed by atoms with van der Waals surface area (Å²) < 4.78 is 41.0. The van der Waals surface area contributed by atoms with Gasteiger partial charge in [0.25, 0.3) is 0 Å². The van der Waals surface area contributed by atoms with Gasteiger partial charge >= 0.3 is 0 Å². The van der Waals surface area contributed by atoms with Gasteiger partial charge in [-0.2, -0.15) is 0 Å². The predicted molar refractivity (Wildman–Crippen MR) is 77.1 cm³/mol. The molecule has 3 unspecified atom stereocenters. The van der Waals surface area contributed by atoms with Gasteiger partial charge in [0, 0.05) is 11.7 Å². The van der Waals surface area contributed by atoms with Crippen LogP contribution in [-0.2, 0) is 10.0 Å². The van der Waals surface area contributed by atoms with Crippen molar-refractivity contribution in [1.29, 1.82) is 0 Å². The van der Waals surface area contributed by atoms with Gasteiger partial charge in [-0.1, -0.05) is 26.7 Å². The van der Waals surface area contributed by atoms with Crippen molar-refractivity contribution >= 4 is 15.7 Å². The Morgan fingerprint density at radius 3 is 2.70 bits per heavy atom. The number of benzene rings is 1. The van der Waals surface area contributed by atoms with Gasteiger partial charge in [0.2, 0.25) is 10.0 Å². The maximum Gasteiger partial charge on any atom is 0.243 e. The maximum absolute atomic E-state index is 13.7. The van der Waals surface area contributed by atoms with E-state index in [1.807, 2.05) is 6.92 Å². The fraction of sp³-hybridized carbons (Fsp3) is 0.571. The Morgan fingerprint density at radius 2 is 2.00 bits per heavy atom. The van der Waals surface area contributed by atoms with Crippen LogP contribution in [0.5, 0.6) is 0 Å². The second-order valence-corrected chi connectivity index (χ2v) is 7.37. The number of rotatable bonds is 3. The highest BCUT2D eigenvalue weighted by Crippen LogP contribution is 2.30. The van der Waals surface area contributed by atoms with E-state index in [0.717, 1.165) is 31.4 Å². The summed E-state index contributed by atoms with van der Waals surface area (Å²) in [5.74, 6) is -0.0759. The smallest absolute Gasteiger partial charge is 0.243 e. The molecule has 0 bridgehead atoms. The van der Waals surface area contributed by atoms with Crippen LogP contribution in [0.3, 0.4) is 0 Å². The number of sulfonamides is 1. The van der Waals surface area contributed by atoms with E-state index in [1.54, 1.807) is 0 Å². The Labute approximate surface area is 119 Å². The van der Waals surface area contributed by atoms with Gasteiger partial charge in [0.15, 0.2) is 0 Å². The van der Waals surface area contributed by atoms with E-state index in [4.69, 9.17) is 5.73 Å². The molecular weight excluding hydrogens is 279 g/mol. The highest BCUT2D eigenvalue weighted by Gasteiger charge is 2.31. The molecule has 6 heteroatoms. The van der Waals surface area contributed by atoms with Gasteiger partial charge in [-0.05, 0) is 36.5 Å². The highest BCUT2D eigenvalue weighted by atomic mass is 32.2. The van der Waals surface area contributed by atoms with Crippen molar-refractivity contribution in [2.45, 2.75) is 44.0 Å². The van der Waals surface area contributed by atoms with Crippen LogP contribution in [0, 0.1) is 17.7 Å². The SMILES string of the molecule is CC1CCCC(NS(=O)(=O)c2cc(N)ccc2F)C1C. The summed E-state index contributed by atoms with van der Waals surface area (Å²) in [5.41, 5.74) is 5.78. The van der Waals surface area contributed by atoms with E-state index in [2.05, 4.69) is 11.6 Å². The number of nitrogen functional groups attached to an aromatic ring is 1. The van der Waals surface area contributed by atoms with Crippen molar-refractivity contribution in [2.24, 2.45) is 11.8 Å². The molecule has 112 valence electrons. The monoisotopic (exact) mass is 300 g/mol. The first-order valence-electron chi connectivity index (χ1n) is 6.88. The van der Waals surface area contributed by atoms with Crippen LogP contribution in [0.2, 0.25) is 0 Å². The van der Waals surface area contributed by atoms with E-state index >= 15 is 0 Å². The molecule has 1 aliphatic rings. The summed E-state index contributed by atoms with van der Waals surface area (Å²) in [6.45, 7) is 4.15. The lowest BCUT2D eigenvalue weighted by molar-refractivity contribution is 0.227. The standard InChI is InChI=1S/C14H21FN2O2S/c1-9-4-3-5-13(10(9)2)17-20(18,19)14-8-11(16)6-7-12(14)15/h6-10,13,17H,3-5,16H2,1-2H3. The van der Waals surface area contributed by atoms with E-state index in [9.17, 15) is 12.8 Å². The molecule has 0 aromatic heterocycles. The third kappa shape index (κ3) is 3.12. The van der Waals surface area contributed by atoms with E-state index in [-0.39, 0.29) is 22.5 Å². The average Bonchev–Trinajstić information content (AvgIpc) is 2.37. The van der Waals surface area contributed by atoms with Crippen LogP contribution in [0.15, 0.2) is 23.1 Å². The minimum absolute atomic E-state index is 0.149. The number of nitrogens with one attached hydrogen (secondary N) is 1. The number of hydrogen-bond acceptors (Lipinski definition) is 3.